The number of carbonyl (C=O) groups is 1. The predicted molar refractivity (Wildman–Crippen MR) is 91.3 cm³/mol. The smallest absolute Gasteiger partial charge is 0.322 e. The Hall–Kier alpha value is -3.36. The number of hydrogen-bond donors (Lipinski definition) is 1. The molecule has 1 amide bonds. The molecule has 134 valence electrons. The molecule has 0 atom stereocenters. The van der Waals surface area contributed by atoms with Crippen LogP contribution in [0.2, 0.25) is 0 Å². The predicted octanol–water partition coefficient (Wildman–Crippen LogP) is 2.28. The van der Waals surface area contributed by atoms with Gasteiger partial charge in [0, 0.05) is 12.1 Å². The molecule has 3 heterocycles. The average molecular weight is 355 g/mol. The first-order chi connectivity index (χ1) is 12.6. The molecule has 0 radical (unpaired) electrons. The molecule has 0 unspecified atom stereocenters. The third-order valence-corrected chi connectivity index (χ3v) is 3.87. The van der Waals surface area contributed by atoms with E-state index in [1.165, 1.54) is 0 Å². The highest BCUT2D eigenvalue weighted by molar-refractivity contribution is 6.01. The lowest BCUT2D eigenvalue weighted by atomic mass is 10.2. The number of benzene rings is 1. The molecular formula is C17H17N5O4. The second-order valence-electron chi connectivity index (χ2n) is 5.71. The topological polar surface area (TPSA) is 104 Å². The zero-order valence-electron chi connectivity index (χ0n) is 14.4. The summed E-state index contributed by atoms with van der Waals surface area (Å²) in [5.74, 6) is 1.22. The fourth-order valence-corrected chi connectivity index (χ4v) is 2.70. The number of aryl methyl sites for hydroxylation is 2. The van der Waals surface area contributed by atoms with E-state index in [0.717, 1.165) is 5.69 Å². The van der Waals surface area contributed by atoms with Crippen molar-refractivity contribution in [3.8, 4) is 23.0 Å². The molecule has 1 aliphatic heterocycles. The summed E-state index contributed by atoms with van der Waals surface area (Å²) in [6, 6.07) is 7.07. The fourth-order valence-electron chi connectivity index (χ4n) is 2.70. The summed E-state index contributed by atoms with van der Waals surface area (Å²) >= 11 is 0. The molecule has 0 spiro atoms. The number of nitrogens with one attached hydrogen (secondary N) is 1. The molecule has 1 N–H and O–H groups in total. The van der Waals surface area contributed by atoms with Gasteiger partial charge < -0.3 is 13.9 Å². The fraction of sp³-hybridized carbons (Fsp3) is 0.294. The van der Waals surface area contributed by atoms with Crippen LogP contribution in [0, 0.1) is 6.92 Å². The molecule has 0 aliphatic carbocycles. The molecule has 0 saturated carbocycles. The lowest BCUT2D eigenvalue weighted by molar-refractivity contribution is 0.101. The number of ether oxygens (including phenoxy) is 2. The van der Waals surface area contributed by atoms with Crippen molar-refractivity contribution in [2.75, 3.05) is 18.5 Å². The monoisotopic (exact) mass is 355 g/mol. The van der Waals surface area contributed by atoms with Crippen molar-refractivity contribution >= 4 is 11.9 Å². The summed E-state index contributed by atoms with van der Waals surface area (Å²) in [7, 11) is 0. The van der Waals surface area contributed by atoms with E-state index in [-0.39, 0.29) is 17.8 Å². The average Bonchev–Trinajstić information content (AvgIpc) is 3.27. The number of nitrogens with zero attached hydrogens (tertiary/aromatic N) is 4. The van der Waals surface area contributed by atoms with Crippen LogP contribution < -0.4 is 14.8 Å². The maximum absolute atomic E-state index is 12.4. The molecule has 4 rings (SSSR count). The lowest BCUT2D eigenvalue weighted by Crippen LogP contribution is -2.17. The number of rotatable bonds is 4. The molecule has 0 saturated heterocycles. The molecule has 0 bridgehead atoms. The number of aromatic nitrogens is 4. The molecule has 3 aromatic rings. The highest BCUT2D eigenvalue weighted by Gasteiger charge is 2.18. The van der Waals surface area contributed by atoms with Gasteiger partial charge in [-0.3, -0.25) is 14.8 Å². The maximum atomic E-state index is 12.4. The van der Waals surface area contributed by atoms with E-state index in [0.29, 0.717) is 42.5 Å². The normalized spacial score (nSPS) is 12.8. The van der Waals surface area contributed by atoms with Gasteiger partial charge in [0.2, 0.25) is 5.89 Å². The Morgan fingerprint density at radius 3 is 2.81 bits per heavy atom. The van der Waals surface area contributed by atoms with Gasteiger partial charge in [-0.15, -0.1) is 5.10 Å². The van der Waals surface area contributed by atoms with Gasteiger partial charge in [-0.25, -0.2) is 0 Å². The summed E-state index contributed by atoms with van der Waals surface area (Å²) in [6.07, 6.45) is 0. The van der Waals surface area contributed by atoms with Gasteiger partial charge >= 0.3 is 6.01 Å². The Bertz CT molecular complexity index is 962. The second-order valence-corrected chi connectivity index (χ2v) is 5.71. The molecular weight excluding hydrogens is 338 g/mol. The first kappa shape index (κ1) is 16.1. The van der Waals surface area contributed by atoms with Crippen molar-refractivity contribution in [2.45, 2.75) is 20.4 Å². The van der Waals surface area contributed by atoms with Crippen LogP contribution in [0.1, 0.15) is 23.1 Å². The maximum Gasteiger partial charge on any atom is 0.322 e. The van der Waals surface area contributed by atoms with Crippen LogP contribution in [0.3, 0.4) is 0 Å². The summed E-state index contributed by atoms with van der Waals surface area (Å²) in [5.41, 5.74) is 1.88. The summed E-state index contributed by atoms with van der Waals surface area (Å²) in [6.45, 7) is 5.34. The molecule has 9 heteroatoms. The van der Waals surface area contributed by atoms with Crippen LogP contribution in [-0.2, 0) is 6.54 Å². The molecule has 2 aromatic heterocycles. The zero-order chi connectivity index (χ0) is 18.1. The van der Waals surface area contributed by atoms with E-state index in [4.69, 9.17) is 13.9 Å². The van der Waals surface area contributed by atoms with Crippen LogP contribution in [0.4, 0.5) is 6.01 Å². The van der Waals surface area contributed by atoms with Crippen LogP contribution in [-0.4, -0.2) is 39.1 Å². The second kappa shape index (κ2) is 6.51. The van der Waals surface area contributed by atoms with Gasteiger partial charge in [0.05, 0.1) is 5.69 Å². The highest BCUT2D eigenvalue weighted by Crippen LogP contribution is 2.34. The summed E-state index contributed by atoms with van der Waals surface area (Å²) < 4.78 is 18.2. The molecule has 26 heavy (non-hydrogen) atoms. The van der Waals surface area contributed by atoms with Gasteiger partial charge in [-0.1, -0.05) is 5.10 Å². The Labute approximate surface area is 148 Å². The van der Waals surface area contributed by atoms with Crippen LogP contribution >= 0.6 is 0 Å². The van der Waals surface area contributed by atoms with Crippen molar-refractivity contribution in [3.05, 3.63) is 35.7 Å². The SMILES string of the molecule is CCn1nc(C)cc1C(=O)Nc1nnc(-c2ccc3c(c2)OCCO3)o1. The first-order valence-corrected chi connectivity index (χ1v) is 8.23. The number of hydrogen-bond acceptors (Lipinski definition) is 7. The third kappa shape index (κ3) is 2.99. The first-order valence-electron chi connectivity index (χ1n) is 8.23. The molecule has 9 nitrogen and oxygen atoms in total. The quantitative estimate of drug-likeness (QED) is 0.765. The van der Waals surface area contributed by atoms with Gasteiger partial charge in [-0.05, 0) is 38.1 Å². The van der Waals surface area contributed by atoms with Gasteiger partial charge in [0.15, 0.2) is 11.5 Å². The highest BCUT2D eigenvalue weighted by atomic mass is 16.6. The van der Waals surface area contributed by atoms with E-state index < -0.39 is 0 Å². The van der Waals surface area contributed by atoms with Crippen LogP contribution in [0.5, 0.6) is 11.5 Å². The van der Waals surface area contributed by atoms with Crippen molar-refractivity contribution in [1.82, 2.24) is 20.0 Å². The van der Waals surface area contributed by atoms with Gasteiger partial charge in [0.25, 0.3) is 5.91 Å². The minimum Gasteiger partial charge on any atom is -0.486 e. The molecule has 1 aliphatic rings. The van der Waals surface area contributed by atoms with Crippen LogP contribution in [0.15, 0.2) is 28.7 Å². The number of fused-ring (bicyclic) bond motifs is 1. The van der Waals surface area contributed by atoms with E-state index >= 15 is 0 Å². The van der Waals surface area contributed by atoms with E-state index in [1.54, 1.807) is 28.9 Å². The minimum atomic E-state index is -0.357. The van der Waals surface area contributed by atoms with Crippen molar-refractivity contribution in [1.29, 1.82) is 0 Å². The van der Waals surface area contributed by atoms with Crippen molar-refractivity contribution in [3.63, 3.8) is 0 Å². The van der Waals surface area contributed by atoms with Crippen molar-refractivity contribution in [2.24, 2.45) is 0 Å². The van der Waals surface area contributed by atoms with Crippen molar-refractivity contribution < 1.29 is 18.7 Å². The Morgan fingerprint density at radius 1 is 1.19 bits per heavy atom. The van der Waals surface area contributed by atoms with E-state index in [9.17, 15) is 4.79 Å². The van der Waals surface area contributed by atoms with E-state index in [2.05, 4.69) is 20.6 Å². The Kier molecular flexibility index (Phi) is 4.04. The summed E-state index contributed by atoms with van der Waals surface area (Å²) in [4.78, 5) is 12.4. The number of carbonyl (C=O) groups excluding carboxylic acids is 1. The van der Waals surface area contributed by atoms with Gasteiger partial charge in [0.1, 0.15) is 18.9 Å². The van der Waals surface area contributed by atoms with E-state index in [1.807, 2.05) is 13.8 Å². The minimum absolute atomic E-state index is 0.0152. The lowest BCUT2D eigenvalue weighted by Gasteiger charge is -2.18. The third-order valence-electron chi connectivity index (χ3n) is 3.87. The zero-order valence-corrected chi connectivity index (χ0v) is 14.4. The number of anilines is 1. The Balaban J connectivity index is 1.54. The standard InChI is InChI=1S/C17H17N5O4/c1-3-22-12(8-10(2)21-22)15(23)18-17-20-19-16(26-17)11-4-5-13-14(9-11)25-7-6-24-13/h4-5,8-9H,3,6-7H2,1-2H3,(H,18,20,23). The number of amides is 1. The summed E-state index contributed by atoms with van der Waals surface area (Å²) in [5, 5.41) is 14.7. The largest absolute Gasteiger partial charge is 0.486 e. The Morgan fingerprint density at radius 2 is 2.00 bits per heavy atom. The van der Waals surface area contributed by atoms with Crippen LogP contribution in [0.25, 0.3) is 11.5 Å². The molecule has 1 aromatic carbocycles. The molecule has 0 fully saturated rings. The van der Waals surface area contributed by atoms with Gasteiger partial charge in [-0.2, -0.15) is 5.10 Å².